The molecule has 1 aliphatic carbocycles. The Balaban J connectivity index is 1.20. The zero-order valence-electron chi connectivity index (χ0n) is 24.8. The molecule has 7 rings (SSSR count). The van der Waals surface area contributed by atoms with Crippen molar-refractivity contribution in [1.82, 2.24) is 4.98 Å². The summed E-state index contributed by atoms with van der Waals surface area (Å²) in [6.45, 7) is 0.701. The molecule has 7 heteroatoms. The molecule has 0 saturated carbocycles. The molecular formula is C38H34N2O5. The van der Waals surface area contributed by atoms with Gasteiger partial charge in [0.25, 0.3) is 0 Å². The summed E-state index contributed by atoms with van der Waals surface area (Å²) in [5, 5.41) is 10.5. The van der Waals surface area contributed by atoms with Gasteiger partial charge in [0.2, 0.25) is 11.8 Å². The van der Waals surface area contributed by atoms with E-state index in [9.17, 15) is 14.7 Å². The number of rotatable bonds is 9. The third-order valence-electron chi connectivity index (χ3n) is 9.11. The fourth-order valence-corrected chi connectivity index (χ4v) is 7.04. The van der Waals surface area contributed by atoms with E-state index in [1.165, 1.54) is 4.90 Å². The Morgan fingerprint density at radius 2 is 1.62 bits per heavy atom. The van der Waals surface area contributed by atoms with Crippen molar-refractivity contribution in [2.75, 3.05) is 18.1 Å². The molecule has 3 heterocycles. The van der Waals surface area contributed by atoms with E-state index in [-0.39, 0.29) is 29.6 Å². The Kier molecular flexibility index (Phi) is 8.01. The van der Waals surface area contributed by atoms with Crippen LogP contribution in [0.1, 0.15) is 30.5 Å². The zero-order chi connectivity index (χ0) is 30.8. The second-order valence-corrected chi connectivity index (χ2v) is 11.8. The molecule has 1 N–H and O–H groups in total. The monoisotopic (exact) mass is 598 g/mol. The van der Waals surface area contributed by atoms with E-state index < -0.39 is 11.8 Å². The average molecular weight is 599 g/mol. The van der Waals surface area contributed by atoms with Crippen molar-refractivity contribution < 1.29 is 24.2 Å². The molecule has 45 heavy (non-hydrogen) atoms. The molecule has 4 atom stereocenters. The topological polar surface area (TPSA) is 89.0 Å². The molecule has 7 nitrogen and oxygen atoms in total. The minimum atomic E-state index is -0.467. The van der Waals surface area contributed by atoms with Crippen LogP contribution in [0, 0.1) is 17.8 Å². The number of amides is 2. The van der Waals surface area contributed by atoms with Gasteiger partial charge in [0, 0.05) is 17.7 Å². The molecule has 3 aromatic carbocycles. The Labute approximate surface area is 262 Å². The fourth-order valence-electron chi connectivity index (χ4n) is 7.04. The highest BCUT2D eigenvalue weighted by Crippen LogP contribution is 2.50. The van der Waals surface area contributed by atoms with E-state index in [2.05, 4.69) is 4.98 Å². The van der Waals surface area contributed by atoms with E-state index in [0.29, 0.717) is 38.2 Å². The van der Waals surface area contributed by atoms with Crippen LogP contribution >= 0.6 is 0 Å². The number of hydrogen-bond donors (Lipinski definition) is 1. The quantitative estimate of drug-likeness (QED) is 0.170. The number of phenols is 1. The number of allylic oxidation sites excluding steroid dienone is 1. The van der Waals surface area contributed by atoms with Gasteiger partial charge in [0.1, 0.15) is 18.1 Å². The predicted octanol–water partition coefficient (Wildman–Crippen LogP) is 6.71. The Hall–Kier alpha value is -5.01. The molecule has 0 radical (unpaired) electrons. The van der Waals surface area contributed by atoms with Gasteiger partial charge in [-0.1, -0.05) is 60.7 Å². The maximum Gasteiger partial charge on any atom is 0.238 e. The van der Waals surface area contributed by atoms with E-state index in [4.69, 9.17) is 9.47 Å². The smallest absolute Gasteiger partial charge is 0.238 e. The number of benzene rings is 3. The van der Waals surface area contributed by atoms with Crippen molar-refractivity contribution in [3.63, 3.8) is 0 Å². The molecular weight excluding hydrogens is 564 g/mol. The number of phenolic OH excluding ortho intramolecular Hbond substituents is 1. The number of aromatic hydroxyl groups is 1. The summed E-state index contributed by atoms with van der Waals surface area (Å²) in [6.07, 6.45) is 5.24. The van der Waals surface area contributed by atoms with Crippen molar-refractivity contribution in [3.8, 4) is 11.5 Å². The highest BCUT2D eigenvalue weighted by molar-refractivity contribution is 6.22. The fraction of sp³-hybridized carbons (Fsp3) is 0.237. The molecule has 2 fully saturated rings. The SMILES string of the molecule is O=C1[C@@H]2[C@@H](CC(COc3ccccc3)=C3[C@@H](CC/C(=C/c4ccccc4O)c4ccccn4)OC[C@@H]32)C(=O)N1c1ccccc1. The van der Waals surface area contributed by atoms with Crippen LogP contribution < -0.4 is 9.64 Å². The van der Waals surface area contributed by atoms with Gasteiger partial charge in [-0.3, -0.25) is 19.5 Å². The molecule has 3 aliphatic rings. The van der Waals surface area contributed by atoms with Crippen LogP contribution in [0.5, 0.6) is 11.5 Å². The van der Waals surface area contributed by atoms with Crippen LogP contribution in [0.2, 0.25) is 0 Å². The van der Waals surface area contributed by atoms with E-state index in [0.717, 1.165) is 33.7 Å². The van der Waals surface area contributed by atoms with E-state index >= 15 is 0 Å². The first-order chi connectivity index (χ1) is 22.1. The Morgan fingerprint density at radius 1 is 0.889 bits per heavy atom. The lowest BCUT2D eigenvalue weighted by atomic mass is 9.69. The second-order valence-electron chi connectivity index (χ2n) is 11.8. The number of pyridine rings is 1. The van der Waals surface area contributed by atoms with Gasteiger partial charge in [-0.15, -0.1) is 0 Å². The number of aromatic nitrogens is 1. The van der Waals surface area contributed by atoms with Crippen LogP contribution in [0.15, 0.2) is 120 Å². The first kappa shape index (κ1) is 28.7. The third kappa shape index (κ3) is 5.67. The molecule has 0 unspecified atom stereocenters. The lowest BCUT2D eigenvalue weighted by molar-refractivity contribution is -0.122. The largest absolute Gasteiger partial charge is 0.507 e. The Morgan fingerprint density at radius 3 is 2.38 bits per heavy atom. The molecule has 2 saturated heterocycles. The van der Waals surface area contributed by atoms with Crippen molar-refractivity contribution in [3.05, 3.63) is 132 Å². The number of carbonyl (C=O) groups excluding carboxylic acids is 2. The Bertz CT molecular complexity index is 1750. The summed E-state index contributed by atoms with van der Waals surface area (Å²) >= 11 is 0. The summed E-state index contributed by atoms with van der Waals surface area (Å²) in [6, 6.07) is 31.9. The van der Waals surface area contributed by atoms with Gasteiger partial charge < -0.3 is 14.6 Å². The molecule has 226 valence electrons. The van der Waals surface area contributed by atoms with Gasteiger partial charge in [-0.2, -0.15) is 0 Å². The number of nitrogens with zero attached hydrogens (tertiary/aromatic N) is 2. The van der Waals surface area contributed by atoms with Gasteiger partial charge in [-0.05, 0) is 84.5 Å². The summed E-state index contributed by atoms with van der Waals surface area (Å²) in [5.74, 6) is -0.467. The van der Waals surface area contributed by atoms with Crippen molar-refractivity contribution in [2.45, 2.75) is 25.4 Å². The van der Waals surface area contributed by atoms with Crippen molar-refractivity contribution in [2.24, 2.45) is 17.8 Å². The minimum Gasteiger partial charge on any atom is -0.507 e. The number of fused-ring (bicyclic) bond motifs is 3. The highest BCUT2D eigenvalue weighted by Gasteiger charge is 2.57. The predicted molar refractivity (Wildman–Crippen MR) is 172 cm³/mol. The summed E-state index contributed by atoms with van der Waals surface area (Å²) in [4.78, 5) is 33.7. The first-order valence-corrected chi connectivity index (χ1v) is 15.4. The van der Waals surface area contributed by atoms with E-state index in [1.807, 2.05) is 97.1 Å². The summed E-state index contributed by atoms with van der Waals surface area (Å²) in [5.41, 5.74) is 5.25. The average Bonchev–Trinajstić information content (AvgIpc) is 3.61. The lowest BCUT2D eigenvalue weighted by Gasteiger charge is -2.31. The van der Waals surface area contributed by atoms with Crippen molar-refractivity contribution >= 4 is 29.2 Å². The van der Waals surface area contributed by atoms with Crippen molar-refractivity contribution in [1.29, 1.82) is 0 Å². The molecule has 0 spiro atoms. The number of hydrogen-bond acceptors (Lipinski definition) is 6. The number of anilines is 1. The van der Waals surface area contributed by atoms with Crippen LogP contribution in [0.4, 0.5) is 5.69 Å². The maximum atomic E-state index is 13.9. The van der Waals surface area contributed by atoms with Crippen LogP contribution in [-0.4, -0.2) is 41.2 Å². The normalized spacial score (nSPS) is 22.8. The number of para-hydroxylation sites is 3. The number of carbonyl (C=O) groups is 2. The second kappa shape index (κ2) is 12.5. The molecule has 2 amide bonds. The third-order valence-corrected chi connectivity index (χ3v) is 9.11. The van der Waals surface area contributed by atoms with Gasteiger partial charge in [-0.25, -0.2) is 0 Å². The van der Waals surface area contributed by atoms with Crippen LogP contribution in [0.3, 0.4) is 0 Å². The highest BCUT2D eigenvalue weighted by atomic mass is 16.5. The molecule has 0 bridgehead atoms. The van der Waals surface area contributed by atoms with Gasteiger partial charge in [0.15, 0.2) is 0 Å². The van der Waals surface area contributed by atoms with Gasteiger partial charge >= 0.3 is 0 Å². The van der Waals surface area contributed by atoms with Crippen LogP contribution in [0.25, 0.3) is 11.6 Å². The number of ether oxygens (including phenoxy) is 2. The van der Waals surface area contributed by atoms with E-state index in [1.54, 1.807) is 18.3 Å². The number of imide groups is 1. The first-order valence-electron chi connectivity index (χ1n) is 15.4. The van der Waals surface area contributed by atoms with Crippen LogP contribution in [-0.2, 0) is 14.3 Å². The summed E-state index contributed by atoms with van der Waals surface area (Å²) < 4.78 is 12.7. The minimum absolute atomic E-state index is 0.153. The lowest BCUT2D eigenvalue weighted by Crippen LogP contribution is -2.35. The molecule has 2 aliphatic heterocycles. The maximum absolute atomic E-state index is 13.9. The standard InChI is InChI=1S/C38H34N2O5/c41-33-17-8-7-11-26(33)21-25(32-16-9-10-20-39-32)18-19-34-35-27(23-44-29-14-5-2-6-15-29)22-30-36(31(35)24-45-34)38(43)40(37(30)42)28-12-3-1-4-13-28/h1-17,20-21,30-31,34,36,41H,18-19,22-24H2/b25-21-/t30-,31+,34-,36-/m1/s1. The molecule has 1 aromatic heterocycles. The molecule has 4 aromatic rings. The summed E-state index contributed by atoms with van der Waals surface area (Å²) in [7, 11) is 0. The zero-order valence-corrected chi connectivity index (χ0v) is 24.8. The van der Waals surface area contributed by atoms with Gasteiger partial charge in [0.05, 0.1) is 35.9 Å².